The van der Waals surface area contributed by atoms with Crippen LogP contribution in [0.25, 0.3) is 0 Å². The quantitative estimate of drug-likeness (QED) is 0.784. The van der Waals surface area contributed by atoms with Gasteiger partial charge in [0.05, 0.1) is 6.20 Å². The van der Waals surface area contributed by atoms with E-state index in [9.17, 15) is 9.59 Å². The van der Waals surface area contributed by atoms with Crippen molar-refractivity contribution in [2.24, 2.45) is 0 Å². The molecule has 1 unspecified atom stereocenters. The molecule has 0 aromatic carbocycles. The number of carbonyl (C=O) groups is 2. The number of alkyl carbamates (subject to hydrolysis) is 1. The number of carboxylic acids is 1. The Hall–Kier alpha value is -1.76. The van der Waals surface area contributed by atoms with Gasteiger partial charge in [-0.15, -0.1) is 12.4 Å². The van der Waals surface area contributed by atoms with Crippen LogP contribution in [0.2, 0.25) is 0 Å². The minimum Gasteiger partial charge on any atom is -0.480 e. The molecular formula is C12H20ClN3O4. The molecule has 1 heterocycles. The Balaban J connectivity index is 0.00000361. The van der Waals surface area contributed by atoms with Gasteiger partial charge in [0.2, 0.25) is 0 Å². The molecule has 0 spiro atoms. The molecule has 8 heteroatoms. The Kier molecular flexibility index (Phi) is 6.51. The molecule has 0 bridgehead atoms. The average molecular weight is 306 g/mol. The molecule has 1 rings (SSSR count). The largest absolute Gasteiger partial charge is 0.480 e. The van der Waals surface area contributed by atoms with Crippen molar-refractivity contribution in [3.8, 4) is 0 Å². The highest BCUT2D eigenvalue weighted by Gasteiger charge is 2.24. The lowest BCUT2D eigenvalue weighted by molar-refractivity contribution is -0.139. The molecule has 0 saturated carbocycles. The maximum Gasteiger partial charge on any atom is 0.408 e. The fraction of sp³-hybridized carbons (Fsp3) is 0.583. The molecule has 114 valence electrons. The average Bonchev–Trinajstić information content (AvgIpc) is 2.60. The van der Waals surface area contributed by atoms with E-state index in [0.29, 0.717) is 0 Å². The van der Waals surface area contributed by atoms with Crippen LogP contribution < -0.4 is 5.32 Å². The number of aromatic nitrogens is 2. The number of halogens is 1. The summed E-state index contributed by atoms with van der Waals surface area (Å²) >= 11 is 0. The number of aromatic amines is 1. The van der Waals surface area contributed by atoms with Crippen molar-refractivity contribution in [3.05, 3.63) is 17.5 Å². The summed E-state index contributed by atoms with van der Waals surface area (Å²) in [6.45, 7) is 6.92. The predicted octanol–water partition coefficient (Wildman–Crippen LogP) is 1.66. The number of hydrogen-bond acceptors (Lipinski definition) is 4. The van der Waals surface area contributed by atoms with Gasteiger partial charge < -0.3 is 15.2 Å². The highest BCUT2D eigenvalue weighted by atomic mass is 35.5. The van der Waals surface area contributed by atoms with Gasteiger partial charge in [0, 0.05) is 12.1 Å². The third kappa shape index (κ3) is 5.92. The van der Waals surface area contributed by atoms with Gasteiger partial charge in [-0.05, 0) is 33.3 Å². The molecular weight excluding hydrogens is 286 g/mol. The lowest BCUT2D eigenvalue weighted by atomic mass is 10.1. The monoisotopic (exact) mass is 305 g/mol. The van der Waals surface area contributed by atoms with Gasteiger partial charge in [-0.3, -0.25) is 5.10 Å². The van der Waals surface area contributed by atoms with Gasteiger partial charge in [0.1, 0.15) is 11.6 Å². The molecule has 3 N–H and O–H groups in total. The number of carbonyl (C=O) groups excluding carboxylic acids is 1. The van der Waals surface area contributed by atoms with Crippen molar-refractivity contribution in [3.63, 3.8) is 0 Å². The number of H-pyrrole nitrogens is 1. The zero-order chi connectivity index (χ0) is 14.6. The maximum atomic E-state index is 11.6. The number of rotatable bonds is 4. The first-order chi connectivity index (χ1) is 8.69. The van der Waals surface area contributed by atoms with Crippen LogP contribution in [-0.2, 0) is 16.0 Å². The van der Waals surface area contributed by atoms with Crippen molar-refractivity contribution in [2.45, 2.75) is 45.8 Å². The summed E-state index contributed by atoms with van der Waals surface area (Å²) in [6, 6.07) is -1.05. The molecule has 0 aliphatic carbocycles. The van der Waals surface area contributed by atoms with Gasteiger partial charge in [0.25, 0.3) is 0 Å². The normalized spacial score (nSPS) is 12.2. The smallest absolute Gasteiger partial charge is 0.408 e. The second-order valence-electron chi connectivity index (χ2n) is 5.26. The first-order valence-electron chi connectivity index (χ1n) is 5.90. The Morgan fingerprint density at radius 1 is 1.50 bits per heavy atom. The first-order valence-corrected chi connectivity index (χ1v) is 5.90. The number of aryl methyl sites for hydroxylation is 1. The number of nitrogens with one attached hydrogen (secondary N) is 2. The molecule has 0 aliphatic rings. The summed E-state index contributed by atoms with van der Waals surface area (Å²) in [4.78, 5) is 22.7. The van der Waals surface area contributed by atoms with E-state index in [1.165, 1.54) is 0 Å². The van der Waals surface area contributed by atoms with Crippen LogP contribution in [0, 0.1) is 6.92 Å². The molecule has 1 atom stereocenters. The Labute approximate surface area is 123 Å². The summed E-state index contributed by atoms with van der Waals surface area (Å²) in [5, 5.41) is 18.0. The topological polar surface area (TPSA) is 104 Å². The summed E-state index contributed by atoms with van der Waals surface area (Å²) in [6.07, 6.45) is 0.944. The summed E-state index contributed by atoms with van der Waals surface area (Å²) in [5.74, 6) is -1.12. The van der Waals surface area contributed by atoms with Gasteiger partial charge in [-0.2, -0.15) is 5.10 Å². The highest BCUT2D eigenvalue weighted by molar-refractivity contribution is 5.85. The zero-order valence-electron chi connectivity index (χ0n) is 11.9. The minimum absolute atomic E-state index is 0. The Morgan fingerprint density at radius 3 is 2.50 bits per heavy atom. The van der Waals surface area contributed by atoms with Crippen LogP contribution in [0.3, 0.4) is 0 Å². The van der Waals surface area contributed by atoms with Crippen molar-refractivity contribution < 1.29 is 19.4 Å². The number of aliphatic carboxylic acids is 1. The lowest BCUT2D eigenvalue weighted by Crippen LogP contribution is -2.44. The Bertz CT molecular complexity index is 468. The lowest BCUT2D eigenvalue weighted by Gasteiger charge is -2.21. The number of nitrogens with zero attached hydrogens (tertiary/aromatic N) is 1. The van der Waals surface area contributed by atoms with E-state index in [1.54, 1.807) is 33.9 Å². The van der Waals surface area contributed by atoms with Crippen LogP contribution in [-0.4, -0.2) is 39.0 Å². The van der Waals surface area contributed by atoms with Crippen LogP contribution in [0.4, 0.5) is 4.79 Å². The van der Waals surface area contributed by atoms with Crippen LogP contribution in [0.1, 0.15) is 32.0 Å². The van der Waals surface area contributed by atoms with E-state index in [1.807, 2.05) is 0 Å². The summed E-state index contributed by atoms with van der Waals surface area (Å²) < 4.78 is 5.03. The van der Waals surface area contributed by atoms with E-state index in [-0.39, 0.29) is 18.8 Å². The molecule has 0 radical (unpaired) electrons. The number of hydrogen-bond donors (Lipinski definition) is 3. The van der Waals surface area contributed by atoms with Gasteiger partial charge in [-0.1, -0.05) is 0 Å². The molecule has 7 nitrogen and oxygen atoms in total. The Morgan fingerprint density at radius 2 is 2.10 bits per heavy atom. The number of carboxylic acid groups (broad SMARTS) is 1. The predicted molar refractivity (Wildman–Crippen MR) is 75.1 cm³/mol. The van der Waals surface area contributed by atoms with E-state index in [4.69, 9.17) is 9.84 Å². The molecule has 1 aromatic heterocycles. The fourth-order valence-electron chi connectivity index (χ4n) is 1.45. The molecule has 0 aliphatic heterocycles. The zero-order valence-corrected chi connectivity index (χ0v) is 12.7. The van der Waals surface area contributed by atoms with Crippen LogP contribution >= 0.6 is 12.4 Å². The van der Waals surface area contributed by atoms with E-state index in [2.05, 4.69) is 15.5 Å². The van der Waals surface area contributed by atoms with Crippen molar-refractivity contribution in [1.29, 1.82) is 0 Å². The second kappa shape index (κ2) is 7.14. The highest BCUT2D eigenvalue weighted by Crippen LogP contribution is 2.09. The third-order valence-electron chi connectivity index (χ3n) is 2.35. The van der Waals surface area contributed by atoms with Crippen LogP contribution in [0.5, 0.6) is 0 Å². The van der Waals surface area contributed by atoms with Gasteiger partial charge in [-0.25, -0.2) is 9.59 Å². The van der Waals surface area contributed by atoms with E-state index >= 15 is 0 Å². The van der Waals surface area contributed by atoms with Crippen molar-refractivity contribution >= 4 is 24.5 Å². The van der Waals surface area contributed by atoms with Gasteiger partial charge >= 0.3 is 12.1 Å². The van der Waals surface area contributed by atoms with E-state index < -0.39 is 23.7 Å². The number of ether oxygens (including phenoxy) is 1. The molecule has 20 heavy (non-hydrogen) atoms. The first kappa shape index (κ1) is 18.2. The SMILES string of the molecule is Cc1[nH]ncc1CC(NC(=O)OC(C)(C)C)C(=O)O.Cl. The molecule has 0 saturated heterocycles. The standard InChI is InChI=1S/C12H19N3O4.ClH/c1-7-8(6-13-15-7)5-9(10(16)17)14-11(18)19-12(2,3)4;/h6,9H,5H2,1-4H3,(H,13,15)(H,14,18)(H,16,17);1H. The summed E-state index contributed by atoms with van der Waals surface area (Å²) in [7, 11) is 0. The maximum absolute atomic E-state index is 11.6. The fourth-order valence-corrected chi connectivity index (χ4v) is 1.45. The van der Waals surface area contributed by atoms with Crippen molar-refractivity contribution in [2.75, 3.05) is 0 Å². The van der Waals surface area contributed by atoms with Crippen molar-refractivity contribution in [1.82, 2.24) is 15.5 Å². The minimum atomic E-state index is -1.12. The molecule has 1 aromatic rings. The van der Waals surface area contributed by atoms with Gasteiger partial charge in [0.15, 0.2) is 0 Å². The molecule has 1 amide bonds. The molecule has 0 fully saturated rings. The van der Waals surface area contributed by atoms with E-state index in [0.717, 1.165) is 11.3 Å². The van der Waals surface area contributed by atoms with Crippen LogP contribution in [0.15, 0.2) is 6.20 Å². The number of amides is 1. The summed E-state index contributed by atoms with van der Waals surface area (Å²) in [5.41, 5.74) is 0.847. The second-order valence-corrected chi connectivity index (χ2v) is 5.26. The third-order valence-corrected chi connectivity index (χ3v) is 2.35.